The molecule has 0 radical (unpaired) electrons. The Hall–Kier alpha value is -1.86. The van der Waals surface area contributed by atoms with Crippen LogP contribution in [0, 0.1) is 17.7 Å². The highest BCUT2D eigenvalue weighted by Gasteiger charge is 2.37. The van der Waals surface area contributed by atoms with Crippen molar-refractivity contribution in [1.29, 1.82) is 0 Å². The third-order valence-electron chi connectivity index (χ3n) is 5.22. The molecule has 1 heterocycles. The molecule has 6 nitrogen and oxygen atoms in total. The first-order valence-corrected chi connectivity index (χ1v) is 8.88. The maximum absolute atomic E-state index is 12.9. The number of carbonyl (C=O) groups is 2. The number of likely N-dealkylation sites (tertiary alicyclic amines) is 1. The average Bonchev–Trinajstić information content (AvgIpc) is 3.25. The van der Waals surface area contributed by atoms with Crippen molar-refractivity contribution in [3.8, 4) is 0 Å². The number of nitrogens with one attached hydrogen (secondary N) is 2. The van der Waals surface area contributed by atoms with Crippen LogP contribution >= 0.6 is 12.4 Å². The fourth-order valence-corrected chi connectivity index (χ4v) is 3.84. The van der Waals surface area contributed by atoms with E-state index in [1.54, 1.807) is 0 Å². The highest BCUT2D eigenvalue weighted by Crippen LogP contribution is 2.33. The molecule has 2 aliphatic rings. The number of rotatable bonds is 4. The first-order valence-electron chi connectivity index (χ1n) is 8.88. The molecule has 8 heteroatoms. The van der Waals surface area contributed by atoms with Crippen molar-refractivity contribution in [2.24, 2.45) is 17.6 Å². The van der Waals surface area contributed by atoms with E-state index in [9.17, 15) is 14.0 Å². The molecule has 2 fully saturated rings. The molecule has 3 amide bonds. The van der Waals surface area contributed by atoms with Crippen LogP contribution in [0.15, 0.2) is 24.3 Å². The molecule has 1 saturated carbocycles. The molecule has 0 bridgehead atoms. The van der Waals surface area contributed by atoms with E-state index in [-0.39, 0.29) is 42.1 Å². The standard InChI is InChI=1S/C18H25FN4O2.ClH/c19-13-4-6-14(7-5-13)21-18(25)22-15-8-9-23(11-15)17(24)16-3-1-2-12(16)10-20;/h4-7,12,15-16H,1-3,8-11,20H2,(H2,21,22,25);1H/t12-,15?,16-;/m1./s1. The van der Waals surface area contributed by atoms with Crippen LogP contribution < -0.4 is 16.4 Å². The molecule has 3 rings (SSSR count). The van der Waals surface area contributed by atoms with Gasteiger partial charge in [0.15, 0.2) is 0 Å². The fraction of sp³-hybridized carbons (Fsp3) is 0.556. The fourth-order valence-electron chi connectivity index (χ4n) is 3.84. The lowest BCUT2D eigenvalue weighted by molar-refractivity contribution is -0.135. The Morgan fingerprint density at radius 2 is 1.92 bits per heavy atom. The summed E-state index contributed by atoms with van der Waals surface area (Å²) in [6.45, 7) is 1.75. The zero-order chi connectivity index (χ0) is 17.8. The largest absolute Gasteiger partial charge is 0.340 e. The lowest BCUT2D eigenvalue weighted by Crippen LogP contribution is -2.42. The van der Waals surface area contributed by atoms with Crippen molar-refractivity contribution >= 4 is 30.0 Å². The molecule has 4 N–H and O–H groups in total. The SMILES string of the molecule is Cl.NC[C@H]1CCC[C@H]1C(=O)N1CCC(NC(=O)Nc2ccc(F)cc2)C1. The molecular weight excluding hydrogens is 359 g/mol. The van der Waals surface area contributed by atoms with Gasteiger partial charge in [0, 0.05) is 30.7 Å². The van der Waals surface area contributed by atoms with Gasteiger partial charge in [0.25, 0.3) is 0 Å². The summed E-state index contributed by atoms with van der Waals surface area (Å²) in [6, 6.07) is 5.19. The third-order valence-corrected chi connectivity index (χ3v) is 5.22. The van der Waals surface area contributed by atoms with E-state index in [2.05, 4.69) is 10.6 Å². The van der Waals surface area contributed by atoms with Gasteiger partial charge in [-0.3, -0.25) is 4.79 Å². The summed E-state index contributed by atoms with van der Waals surface area (Å²) in [5.41, 5.74) is 6.31. The predicted octanol–water partition coefficient (Wildman–Crippen LogP) is 2.34. The van der Waals surface area contributed by atoms with Crippen molar-refractivity contribution in [3.63, 3.8) is 0 Å². The number of nitrogens with two attached hydrogens (primary N) is 1. The molecule has 26 heavy (non-hydrogen) atoms. The van der Waals surface area contributed by atoms with Crippen molar-refractivity contribution < 1.29 is 14.0 Å². The van der Waals surface area contributed by atoms with E-state index < -0.39 is 0 Å². The van der Waals surface area contributed by atoms with Crippen LogP contribution in [-0.4, -0.2) is 42.5 Å². The van der Waals surface area contributed by atoms with Crippen LogP contribution in [0.2, 0.25) is 0 Å². The van der Waals surface area contributed by atoms with Crippen molar-refractivity contribution in [1.82, 2.24) is 10.2 Å². The number of benzene rings is 1. The van der Waals surface area contributed by atoms with E-state index >= 15 is 0 Å². The van der Waals surface area contributed by atoms with Gasteiger partial charge in [0.2, 0.25) is 5.91 Å². The number of hydrogen-bond acceptors (Lipinski definition) is 3. The van der Waals surface area contributed by atoms with Gasteiger partial charge in [0.1, 0.15) is 5.82 Å². The van der Waals surface area contributed by atoms with Gasteiger partial charge in [-0.2, -0.15) is 0 Å². The van der Waals surface area contributed by atoms with Crippen LogP contribution in [-0.2, 0) is 4.79 Å². The zero-order valence-corrected chi connectivity index (χ0v) is 15.4. The van der Waals surface area contributed by atoms with Crippen molar-refractivity contribution in [3.05, 3.63) is 30.1 Å². The second-order valence-corrected chi connectivity index (χ2v) is 6.91. The molecule has 0 spiro atoms. The van der Waals surface area contributed by atoms with Crippen molar-refractivity contribution in [2.45, 2.75) is 31.7 Å². The van der Waals surface area contributed by atoms with Gasteiger partial charge >= 0.3 is 6.03 Å². The van der Waals surface area contributed by atoms with Gasteiger partial charge in [0.05, 0.1) is 0 Å². The second-order valence-electron chi connectivity index (χ2n) is 6.91. The summed E-state index contributed by atoms with van der Waals surface area (Å²) < 4.78 is 12.9. The lowest BCUT2D eigenvalue weighted by Gasteiger charge is -2.24. The quantitative estimate of drug-likeness (QED) is 0.744. The van der Waals surface area contributed by atoms with Crippen LogP contribution in [0.1, 0.15) is 25.7 Å². The summed E-state index contributed by atoms with van der Waals surface area (Å²) in [6.07, 6.45) is 3.75. The Morgan fingerprint density at radius 1 is 1.19 bits per heavy atom. The number of halogens is 2. The topological polar surface area (TPSA) is 87.5 Å². The minimum Gasteiger partial charge on any atom is -0.340 e. The third kappa shape index (κ3) is 4.86. The molecule has 1 aliphatic carbocycles. The minimum absolute atomic E-state index is 0. The number of anilines is 1. The van der Waals surface area contributed by atoms with E-state index in [1.807, 2.05) is 4.90 Å². The van der Waals surface area contributed by atoms with E-state index in [0.717, 1.165) is 25.7 Å². The number of urea groups is 1. The monoisotopic (exact) mass is 384 g/mol. The molecule has 1 aromatic rings. The summed E-state index contributed by atoms with van der Waals surface area (Å²) in [7, 11) is 0. The minimum atomic E-state index is -0.349. The maximum atomic E-state index is 12.9. The summed E-state index contributed by atoms with van der Waals surface area (Å²) >= 11 is 0. The summed E-state index contributed by atoms with van der Waals surface area (Å²) in [5, 5.41) is 5.55. The Bertz CT molecular complexity index is 628. The molecule has 3 atom stereocenters. The first-order chi connectivity index (χ1) is 12.1. The van der Waals surface area contributed by atoms with Gasteiger partial charge < -0.3 is 21.3 Å². The van der Waals surface area contributed by atoms with Gasteiger partial charge in [-0.15, -0.1) is 12.4 Å². The molecular formula is C18H26ClFN4O2. The number of nitrogens with zero attached hydrogens (tertiary/aromatic N) is 1. The Balaban J connectivity index is 0.00000243. The van der Waals surface area contributed by atoms with Gasteiger partial charge in [-0.05, 0) is 56.0 Å². The van der Waals surface area contributed by atoms with E-state index in [0.29, 0.717) is 31.2 Å². The van der Waals surface area contributed by atoms with Crippen LogP contribution in [0.3, 0.4) is 0 Å². The van der Waals surface area contributed by atoms with Crippen LogP contribution in [0.25, 0.3) is 0 Å². The second kappa shape index (κ2) is 9.19. The molecule has 0 aromatic heterocycles. The van der Waals surface area contributed by atoms with Crippen LogP contribution in [0.4, 0.5) is 14.9 Å². The molecule has 1 saturated heterocycles. The lowest BCUT2D eigenvalue weighted by atomic mass is 9.95. The Kier molecular flexibility index (Phi) is 7.23. The Labute approximate surface area is 159 Å². The van der Waals surface area contributed by atoms with E-state index in [4.69, 9.17) is 5.73 Å². The van der Waals surface area contributed by atoms with Crippen LogP contribution in [0.5, 0.6) is 0 Å². The molecule has 1 unspecified atom stereocenters. The summed E-state index contributed by atoms with van der Waals surface area (Å²) in [4.78, 5) is 26.6. The predicted molar refractivity (Wildman–Crippen MR) is 101 cm³/mol. The summed E-state index contributed by atoms with van der Waals surface area (Å²) in [5.74, 6) is 0.160. The van der Waals surface area contributed by atoms with Gasteiger partial charge in [-0.25, -0.2) is 9.18 Å². The zero-order valence-electron chi connectivity index (χ0n) is 14.6. The van der Waals surface area contributed by atoms with Crippen molar-refractivity contribution in [2.75, 3.05) is 25.0 Å². The highest BCUT2D eigenvalue weighted by atomic mass is 35.5. The molecule has 1 aromatic carbocycles. The molecule has 144 valence electrons. The smallest absolute Gasteiger partial charge is 0.319 e. The van der Waals surface area contributed by atoms with E-state index in [1.165, 1.54) is 24.3 Å². The Morgan fingerprint density at radius 3 is 2.62 bits per heavy atom. The maximum Gasteiger partial charge on any atom is 0.319 e. The van der Waals surface area contributed by atoms with Gasteiger partial charge in [-0.1, -0.05) is 6.42 Å². The average molecular weight is 385 g/mol. The number of hydrogen-bond donors (Lipinski definition) is 3. The molecule has 1 aliphatic heterocycles. The first kappa shape index (κ1) is 20.5. The normalized spacial score (nSPS) is 24.8. The number of carbonyl (C=O) groups excluding carboxylic acids is 2. The highest BCUT2D eigenvalue weighted by molar-refractivity contribution is 5.89. The number of amides is 3.